The summed E-state index contributed by atoms with van der Waals surface area (Å²) in [5.41, 5.74) is -0.237. The van der Waals surface area contributed by atoms with Crippen LogP contribution in [0.25, 0.3) is 0 Å². The second-order valence-electron chi connectivity index (χ2n) is 6.60. The first-order chi connectivity index (χ1) is 13.0. The van der Waals surface area contributed by atoms with Gasteiger partial charge in [0.05, 0.1) is 16.4 Å². The molecule has 2 aromatic carbocycles. The topological polar surface area (TPSA) is 148 Å². The number of benzene rings is 2. The molecule has 0 aliphatic heterocycles. The number of aliphatic hydroxyl groups is 1. The van der Waals surface area contributed by atoms with E-state index in [-0.39, 0.29) is 17.9 Å². The van der Waals surface area contributed by atoms with Crippen LogP contribution in [0.15, 0.2) is 36.4 Å². The van der Waals surface area contributed by atoms with E-state index in [0.717, 1.165) is 0 Å². The third-order valence-corrected chi connectivity index (χ3v) is 4.17. The molecule has 10 heteroatoms. The maximum absolute atomic E-state index is 12.4. The Morgan fingerprint density at radius 3 is 1.93 bits per heavy atom. The van der Waals surface area contributed by atoms with Gasteiger partial charge in [-0.2, -0.15) is 0 Å². The van der Waals surface area contributed by atoms with Crippen LogP contribution >= 0.6 is 0 Å². The van der Waals surface area contributed by atoms with Crippen molar-refractivity contribution in [3.8, 4) is 0 Å². The second kappa shape index (κ2) is 8.01. The summed E-state index contributed by atoms with van der Waals surface area (Å²) in [6, 6.07) is 8.47. The van der Waals surface area contributed by atoms with Gasteiger partial charge >= 0.3 is 0 Å². The van der Waals surface area contributed by atoms with Crippen molar-refractivity contribution < 1.29 is 19.7 Å². The van der Waals surface area contributed by atoms with Gasteiger partial charge < -0.3 is 15.7 Å². The molecule has 0 aliphatic carbocycles. The first-order valence-electron chi connectivity index (χ1n) is 8.29. The Labute approximate surface area is 160 Å². The van der Waals surface area contributed by atoms with E-state index in [1.165, 1.54) is 37.3 Å². The quantitative estimate of drug-likeness (QED) is 0.488. The number of carbonyl (C=O) groups is 1. The van der Waals surface area contributed by atoms with Gasteiger partial charge in [0, 0.05) is 34.6 Å². The lowest BCUT2D eigenvalue weighted by Crippen LogP contribution is -2.45. The van der Waals surface area contributed by atoms with Crippen LogP contribution in [0.1, 0.15) is 18.1 Å². The number of aryl methyl sites for hydroxylation is 2. The van der Waals surface area contributed by atoms with Gasteiger partial charge in [0.1, 0.15) is 0 Å². The summed E-state index contributed by atoms with van der Waals surface area (Å²) in [7, 11) is 0. The molecule has 1 atom stereocenters. The van der Waals surface area contributed by atoms with E-state index >= 15 is 0 Å². The van der Waals surface area contributed by atoms with Gasteiger partial charge in [0.25, 0.3) is 17.3 Å². The minimum atomic E-state index is -1.80. The zero-order chi connectivity index (χ0) is 21.1. The molecule has 1 amide bonds. The van der Waals surface area contributed by atoms with Crippen molar-refractivity contribution >= 4 is 28.7 Å². The lowest BCUT2D eigenvalue weighted by Gasteiger charge is -2.23. The number of amides is 1. The number of nitrogens with one attached hydrogen (secondary N) is 2. The van der Waals surface area contributed by atoms with E-state index < -0.39 is 21.4 Å². The summed E-state index contributed by atoms with van der Waals surface area (Å²) in [6.45, 7) is 4.30. The highest BCUT2D eigenvalue weighted by molar-refractivity contribution is 5.97. The Kier molecular flexibility index (Phi) is 5.94. The van der Waals surface area contributed by atoms with Crippen molar-refractivity contribution in [3.05, 3.63) is 67.8 Å². The smallest absolute Gasteiger partial charge is 0.272 e. The van der Waals surface area contributed by atoms with Crippen molar-refractivity contribution in [1.82, 2.24) is 0 Å². The van der Waals surface area contributed by atoms with Crippen LogP contribution in [0.2, 0.25) is 0 Å². The highest BCUT2D eigenvalue weighted by Crippen LogP contribution is 2.24. The van der Waals surface area contributed by atoms with E-state index in [2.05, 4.69) is 10.6 Å². The van der Waals surface area contributed by atoms with E-state index in [0.29, 0.717) is 22.5 Å². The molecule has 1 unspecified atom stereocenters. The van der Waals surface area contributed by atoms with Gasteiger partial charge in [-0.25, -0.2) is 0 Å². The molecule has 0 aromatic heterocycles. The monoisotopic (exact) mass is 388 g/mol. The first-order valence-corrected chi connectivity index (χ1v) is 8.29. The third-order valence-electron chi connectivity index (χ3n) is 4.17. The molecule has 28 heavy (non-hydrogen) atoms. The van der Waals surface area contributed by atoms with E-state index in [1.807, 2.05) is 0 Å². The highest BCUT2D eigenvalue weighted by atomic mass is 16.6. The van der Waals surface area contributed by atoms with Gasteiger partial charge in [0.2, 0.25) is 0 Å². The van der Waals surface area contributed by atoms with Gasteiger partial charge in [-0.05, 0) is 45.0 Å². The lowest BCUT2D eigenvalue weighted by atomic mass is 10.1. The third kappa shape index (κ3) is 4.80. The molecule has 2 aromatic rings. The summed E-state index contributed by atoms with van der Waals surface area (Å²) >= 11 is 0. The molecule has 0 heterocycles. The van der Waals surface area contributed by atoms with Crippen LogP contribution in [-0.4, -0.2) is 33.0 Å². The van der Waals surface area contributed by atoms with Gasteiger partial charge in [-0.3, -0.25) is 25.0 Å². The number of nitro groups is 2. The predicted molar refractivity (Wildman–Crippen MR) is 103 cm³/mol. The molecule has 0 saturated heterocycles. The van der Waals surface area contributed by atoms with E-state index in [9.17, 15) is 30.1 Å². The van der Waals surface area contributed by atoms with Crippen LogP contribution < -0.4 is 10.6 Å². The van der Waals surface area contributed by atoms with Crippen molar-refractivity contribution in [2.45, 2.75) is 26.4 Å². The summed E-state index contributed by atoms with van der Waals surface area (Å²) in [6.07, 6.45) is 0. The molecule has 2 rings (SSSR count). The molecule has 0 spiro atoms. The Morgan fingerprint density at radius 1 is 1.00 bits per heavy atom. The Bertz CT molecular complexity index is 942. The molecule has 3 N–H and O–H groups in total. The van der Waals surface area contributed by atoms with Crippen LogP contribution in [0.3, 0.4) is 0 Å². The highest BCUT2D eigenvalue weighted by Gasteiger charge is 2.30. The van der Waals surface area contributed by atoms with Crippen molar-refractivity contribution in [1.29, 1.82) is 0 Å². The van der Waals surface area contributed by atoms with Gasteiger partial charge in [-0.1, -0.05) is 0 Å². The number of carbonyl (C=O) groups excluding carboxylic acids is 1. The van der Waals surface area contributed by atoms with Gasteiger partial charge in [-0.15, -0.1) is 0 Å². The molecule has 0 saturated carbocycles. The fraction of sp³-hybridized carbons (Fsp3) is 0.278. The average molecular weight is 388 g/mol. The standard InChI is InChI=1S/C18H20N4O6/c1-11-8-13(4-6-15(11)21(25)26)19-10-18(3,24)17(23)20-14-5-7-16(22(27)28)12(2)9-14/h4-9,19,24H,10H2,1-3H3,(H,20,23). The zero-order valence-corrected chi connectivity index (χ0v) is 15.6. The maximum Gasteiger partial charge on any atom is 0.272 e. The molecular weight excluding hydrogens is 368 g/mol. The van der Waals surface area contributed by atoms with Crippen molar-refractivity contribution in [2.24, 2.45) is 0 Å². The van der Waals surface area contributed by atoms with E-state index in [1.54, 1.807) is 19.9 Å². The summed E-state index contributed by atoms with van der Waals surface area (Å²) in [5, 5.41) is 37.5. The molecular formula is C18H20N4O6. The van der Waals surface area contributed by atoms with Crippen LogP contribution in [0, 0.1) is 34.1 Å². The normalized spacial score (nSPS) is 12.7. The SMILES string of the molecule is Cc1cc(NCC(C)(O)C(=O)Nc2ccc([N+](=O)[O-])c(C)c2)ccc1[N+](=O)[O-]. The largest absolute Gasteiger partial charge is 0.382 e. The summed E-state index contributed by atoms with van der Waals surface area (Å²) in [5.74, 6) is -0.702. The Morgan fingerprint density at radius 2 is 1.46 bits per heavy atom. The molecule has 0 fully saturated rings. The fourth-order valence-electron chi connectivity index (χ4n) is 2.53. The first kappa shape index (κ1) is 20.8. The number of hydrogen-bond acceptors (Lipinski definition) is 7. The number of nitro benzene ring substituents is 2. The van der Waals surface area contributed by atoms with Crippen LogP contribution in [-0.2, 0) is 4.79 Å². The minimum absolute atomic E-state index is 0.0244. The number of rotatable bonds is 7. The second-order valence-corrected chi connectivity index (χ2v) is 6.60. The average Bonchev–Trinajstić information content (AvgIpc) is 2.59. The van der Waals surface area contributed by atoms with Gasteiger partial charge in [0.15, 0.2) is 5.60 Å². The maximum atomic E-state index is 12.4. The number of hydrogen-bond donors (Lipinski definition) is 3. The Hall–Kier alpha value is -3.53. The number of nitrogens with zero attached hydrogens (tertiary/aromatic N) is 2. The summed E-state index contributed by atoms with van der Waals surface area (Å²) in [4.78, 5) is 33.1. The van der Waals surface area contributed by atoms with Crippen molar-refractivity contribution in [2.75, 3.05) is 17.2 Å². The molecule has 0 radical (unpaired) electrons. The molecule has 0 aliphatic rings. The lowest BCUT2D eigenvalue weighted by molar-refractivity contribution is -0.385. The fourth-order valence-corrected chi connectivity index (χ4v) is 2.53. The number of anilines is 2. The van der Waals surface area contributed by atoms with Crippen LogP contribution in [0.5, 0.6) is 0 Å². The molecule has 148 valence electrons. The zero-order valence-electron chi connectivity index (χ0n) is 15.6. The molecule has 10 nitrogen and oxygen atoms in total. The predicted octanol–water partition coefficient (Wildman–Crippen LogP) is 2.92. The van der Waals surface area contributed by atoms with E-state index in [4.69, 9.17) is 0 Å². The summed E-state index contributed by atoms with van der Waals surface area (Å²) < 4.78 is 0. The molecule has 0 bridgehead atoms. The van der Waals surface area contributed by atoms with Crippen LogP contribution in [0.4, 0.5) is 22.7 Å². The minimum Gasteiger partial charge on any atom is -0.382 e. The Balaban J connectivity index is 2.05. The van der Waals surface area contributed by atoms with Crippen molar-refractivity contribution in [3.63, 3.8) is 0 Å².